The van der Waals surface area contributed by atoms with Gasteiger partial charge < -0.3 is 10.0 Å². The summed E-state index contributed by atoms with van der Waals surface area (Å²) in [5.74, 6) is -1.07. The summed E-state index contributed by atoms with van der Waals surface area (Å²) in [7, 11) is 0. The predicted molar refractivity (Wildman–Crippen MR) is 75.5 cm³/mol. The van der Waals surface area contributed by atoms with Crippen LogP contribution in [-0.2, 0) is 16.1 Å². The Labute approximate surface area is 124 Å². The van der Waals surface area contributed by atoms with Crippen LogP contribution < -0.4 is 0 Å². The first-order chi connectivity index (χ1) is 10.1. The summed E-state index contributed by atoms with van der Waals surface area (Å²) in [5, 5.41) is 24.3. The normalized spacial score (nSPS) is 10.3. The number of nitrogens with zero attached hydrogens (tertiary/aromatic N) is 5. The zero-order chi connectivity index (χ0) is 15.2. The Bertz CT molecular complexity index is 637. The molecular formula is C12H13N5O3S. The van der Waals surface area contributed by atoms with E-state index in [0.717, 1.165) is 15.3 Å². The third-order valence-corrected chi connectivity index (χ3v) is 3.22. The Morgan fingerprint density at radius 2 is 2.33 bits per heavy atom. The van der Waals surface area contributed by atoms with E-state index in [1.165, 1.54) is 17.4 Å². The fraction of sp³-hybridized carbons (Fsp3) is 0.250. The average molecular weight is 307 g/mol. The molecule has 0 aromatic carbocycles. The van der Waals surface area contributed by atoms with Crippen molar-refractivity contribution in [2.45, 2.75) is 6.54 Å². The molecule has 0 fully saturated rings. The van der Waals surface area contributed by atoms with Crippen LogP contribution in [0.3, 0.4) is 0 Å². The number of hydrogen-bond donors (Lipinski definition) is 1. The Hall–Kier alpha value is -2.55. The van der Waals surface area contributed by atoms with Gasteiger partial charge in [-0.25, -0.2) is 0 Å². The third kappa shape index (κ3) is 3.96. The van der Waals surface area contributed by atoms with Crippen molar-refractivity contribution < 1.29 is 14.7 Å². The summed E-state index contributed by atoms with van der Waals surface area (Å²) < 4.78 is 0. The second-order valence-corrected chi connectivity index (χ2v) is 4.89. The van der Waals surface area contributed by atoms with E-state index in [2.05, 4.69) is 22.0 Å². The number of aromatic nitrogens is 4. The highest BCUT2D eigenvalue weighted by atomic mass is 32.1. The molecule has 110 valence electrons. The third-order valence-electron chi connectivity index (χ3n) is 2.54. The maximum atomic E-state index is 12.0. The molecule has 0 aliphatic heterocycles. The first-order valence-electron chi connectivity index (χ1n) is 6.01. The van der Waals surface area contributed by atoms with Gasteiger partial charge in [0.2, 0.25) is 11.7 Å². The van der Waals surface area contributed by atoms with E-state index in [1.54, 1.807) is 0 Å². The molecule has 1 amide bonds. The van der Waals surface area contributed by atoms with Crippen molar-refractivity contribution in [3.8, 4) is 11.4 Å². The fourth-order valence-corrected chi connectivity index (χ4v) is 2.25. The van der Waals surface area contributed by atoms with Crippen LogP contribution in [0.5, 0.6) is 0 Å². The van der Waals surface area contributed by atoms with Crippen molar-refractivity contribution >= 4 is 23.2 Å². The van der Waals surface area contributed by atoms with E-state index in [9.17, 15) is 9.59 Å². The predicted octanol–water partition coefficient (Wildman–Crippen LogP) is 0.501. The van der Waals surface area contributed by atoms with Crippen LogP contribution in [0, 0.1) is 0 Å². The van der Waals surface area contributed by atoms with Gasteiger partial charge in [0.15, 0.2) is 0 Å². The number of tetrazole rings is 1. The van der Waals surface area contributed by atoms with E-state index < -0.39 is 18.4 Å². The summed E-state index contributed by atoms with van der Waals surface area (Å²) in [6.07, 6.45) is 1.46. The highest BCUT2D eigenvalue weighted by Crippen LogP contribution is 2.16. The molecule has 2 aromatic rings. The minimum Gasteiger partial charge on any atom is -0.480 e. The average Bonchev–Trinajstić information content (AvgIpc) is 3.07. The number of carboxylic acids is 1. The molecule has 2 heterocycles. The van der Waals surface area contributed by atoms with E-state index in [-0.39, 0.29) is 13.1 Å². The molecule has 21 heavy (non-hydrogen) atoms. The number of thiophene rings is 1. The molecule has 0 atom stereocenters. The quantitative estimate of drug-likeness (QED) is 0.748. The Morgan fingerprint density at radius 1 is 1.52 bits per heavy atom. The molecule has 0 aliphatic carbocycles. The van der Waals surface area contributed by atoms with Gasteiger partial charge in [-0.3, -0.25) is 9.59 Å². The maximum Gasteiger partial charge on any atom is 0.323 e. The number of amides is 1. The summed E-state index contributed by atoms with van der Waals surface area (Å²) >= 11 is 1.51. The Kier molecular flexibility index (Phi) is 4.77. The molecule has 2 aromatic heterocycles. The van der Waals surface area contributed by atoms with Crippen LogP contribution in [0.15, 0.2) is 29.5 Å². The lowest BCUT2D eigenvalue weighted by atomic mass is 10.3. The number of carboxylic acid groups (broad SMARTS) is 1. The molecule has 0 saturated carbocycles. The molecule has 9 heteroatoms. The first-order valence-corrected chi connectivity index (χ1v) is 6.95. The zero-order valence-electron chi connectivity index (χ0n) is 11.0. The molecule has 0 unspecified atom stereocenters. The van der Waals surface area contributed by atoms with Crippen LogP contribution >= 0.6 is 11.3 Å². The molecule has 2 rings (SSSR count). The van der Waals surface area contributed by atoms with Crippen molar-refractivity contribution in [3.63, 3.8) is 0 Å². The molecule has 0 bridgehead atoms. The van der Waals surface area contributed by atoms with Crippen LogP contribution in [0.4, 0.5) is 0 Å². The largest absolute Gasteiger partial charge is 0.480 e. The van der Waals surface area contributed by atoms with Crippen LogP contribution in [0.1, 0.15) is 0 Å². The molecule has 8 nitrogen and oxygen atoms in total. The Balaban J connectivity index is 2.04. The van der Waals surface area contributed by atoms with Gasteiger partial charge in [-0.1, -0.05) is 6.08 Å². The van der Waals surface area contributed by atoms with Crippen molar-refractivity contribution in [1.29, 1.82) is 0 Å². The number of hydrogen-bond acceptors (Lipinski definition) is 6. The summed E-state index contributed by atoms with van der Waals surface area (Å²) in [6, 6.07) is 1.85. The number of rotatable bonds is 7. The SMILES string of the molecule is C=CCN(CC(=O)O)C(=O)Cn1nnc(-c2ccsc2)n1. The molecule has 0 spiro atoms. The monoisotopic (exact) mass is 307 g/mol. The van der Waals surface area contributed by atoms with Gasteiger partial charge in [0.25, 0.3) is 0 Å². The van der Waals surface area contributed by atoms with Crippen LogP contribution in [-0.4, -0.2) is 55.2 Å². The number of aliphatic carboxylic acids is 1. The molecule has 1 N–H and O–H groups in total. The van der Waals surface area contributed by atoms with Crippen molar-refractivity contribution in [3.05, 3.63) is 29.5 Å². The van der Waals surface area contributed by atoms with E-state index in [0.29, 0.717) is 5.82 Å². The van der Waals surface area contributed by atoms with Gasteiger partial charge in [0, 0.05) is 17.5 Å². The highest BCUT2D eigenvalue weighted by Gasteiger charge is 2.17. The lowest BCUT2D eigenvalue weighted by Gasteiger charge is -2.17. The van der Waals surface area contributed by atoms with Crippen molar-refractivity contribution in [2.24, 2.45) is 0 Å². The number of carbonyl (C=O) groups excluding carboxylic acids is 1. The standard InChI is InChI=1S/C12H13N5O3S/c1-2-4-16(7-11(19)20)10(18)6-17-14-12(13-15-17)9-3-5-21-8-9/h2-3,5,8H,1,4,6-7H2,(H,19,20). The second kappa shape index (κ2) is 6.75. The zero-order valence-corrected chi connectivity index (χ0v) is 11.9. The minimum atomic E-state index is -1.09. The topological polar surface area (TPSA) is 101 Å². The molecule has 0 aliphatic rings. The molecule has 0 radical (unpaired) electrons. The van der Waals surface area contributed by atoms with Crippen LogP contribution in [0.25, 0.3) is 11.4 Å². The Morgan fingerprint density at radius 3 is 2.95 bits per heavy atom. The lowest BCUT2D eigenvalue weighted by Crippen LogP contribution is -2.38. The highest BCUT2D eigenvalue weighted by molar-refractivity contribution is 7.08. The minimum absolute atomic E-state index is 0.150. The van der Waals surface area contributed by atoms with Gasteiger partial charge >= 0.3 is 5.97 Å². The van der Waals surface area contributed by atoms with E-state index in [1.807, 2.05) is 16.8 Å². The van der Waals surface area contributed by atoms with Gasteiger partial charge in [-0.05, 0) is 16.7 Å². The summed E-state index contributed by atoms with van der Waals surface area (Å²) in [6.45, 7) is 3.09. The summed E-state index contributed by atoms with van der Waals surface area (Å²) in [4.78, 5) is 25.0. The second-order valence-electron chi connectivity index (χ2n) is 4.11. The molecular weight excluding hydrogens is 294 g/mol. The lowest BCUT2D eigenvalue weighted by molar-refractivity contribution is -0.144. The van der Waals surface area contributed by atoms with Crippen molar-refractivity contribution in [2.75, 3.05) is 13.1 Å². The van der Waals surface area contributed by atoms with E-state index in [4.69, 9.17) is 5.11 Å². The molecule has 0 saturated heterocycles. The van der Waals surface area contributed by atoms with Gasteiger partial charge in [-0.2, -0.15) is 16.1 Å². The maximum absolute atomic E-state index is 12.0. The first kappa shape index (κ1) is 14.9. The summed E-state index contributed by atoms with van der Waals surface area (Å²) in [5.41, 5.74) is 0.826. The van der Waals surface area contributed by atoms with Crippen LogP contribution in [0.2, 0.25) is 0 Å². The van der Waals surface area contributed by atoms with Crippen molar-refractivity contribution in [1.82, 2.24) is 25.1 Å². The van der Waals surface area contributed by atoms with E-state index >= 15 is 0 Å². The van der Waals surface area contributed by atoms with Gasteiger partial charge in [0.1, 0.15) is 13.1 Å². The smallest absolute Gasteiger partial charge is 0.323 e. The fourth-order valence-electron chi connectivity index (χ4n) is 1.61. The van der Waals surface area contributed by atoms with Gasteiger partial charge in [-0.15, -0.1) is 16.8 Å². The number of carbonyl (C=O) groups is 2. The van der Waals surface area contributed by atoms with Gasteiger partial charge in [0.05, 0.1) is 0 Å².